The molecule has 1 aliphatic rings. The van der Waals surface area contributed by atoms with Crippen LogP contribution in [0.5, 0.6) is 0 Å². The molecule has 6 nitrogen and oxygen atoms in total. The Labute approximate surface area is 106 Å². The summed E-state index contributed by atoms with van der Waals surface area (Å²) >= 11 is 0. The average Bonchev–Trinajstić information content (AvgIpc) is 2.38. The van der Waals surface area contributed by atoms with Gasteiger partial charge < -0.3 is 15.7 Å². The Morgan fingerprint density at radius 2 is 2.11 bits per heavy atom. The van der Waals surface area contributed by atoms with E-state index in [1.54, 1.807) is 11.9 Å². The van der Waals surface area contributed by atoms with Gasteiger partial charge in [-0.1, -0.05) is 12.8 Å². The highest BCUT2D eigenvalue weighted by atomic mass is 16.3. The fraction of sp³-hybridized carbons (Fsp3) is 0.583. The molecule has 2 rings (SSSR count). The van der Waals surface area contributed by atoms with Gasteiger partial charge in [-0.15, -0.1) is 0 Å². The number of carbonyl (C=O) groups excluding carboxylic acids is 1. The number of aliphatic hydroxyl groups excluding tert-OH is 1. The first-order valence-electron chi connectivity index (χ1n) is 6.12. The van der Waals surface area contributed by atoms with Crippen LogP contribution in [0, 0.1) is 0 Å². The fourth-order valence-electron chi connectivity index (χ4n) is 2.32. The van der Waals surface area contributed by atoms with Gasteiger partial charge in [0.1, 0.15) is 11.5 Å². The lowest BCUT2D eigenvalue weighted by atomic mass is 9.91. The molecule has 2 unspecified atom stereocenters. The van der Waals surface area contributed by atoms with Gasteiger partial charge in [-0.2, -0.15) is 0 Å². The highest BCUT2D eigenvalue weighted by molar-refractivity contribution is 5.92. The van der Waals surface area contributed by atoms with Gasteiger partial charge >= 0.3 is 0 Å². The summed E-state index contributed by atoms with van der Waals surface area (Å²) in [6, 6.07) is -0.134. The van der Waals surface area contributed by atoms with Crippen molar-refractivity contribution >= 4 is 11.7 Å². The van der Waals surface area contributed by atoms with Crippen LogP contribution in [0.3, 0.4) is 0 Å². The Morgan fingerprint density at radius 3 is 2.72 bits per heavy atom. The van der Waals surface area contributed by atoms with Gasteiger partial charge in [0, 0.05) is 7.05 Å². The van der Waals surface area contributed by atoms with Crippen molar-refractivity contribution in [2.24, 2.45) is 0 Å². The maximum atomic E-state index is 12.2. The molecule has 0 aromatic carbocycles. The molecule has 0 aliphatic heterocycles. The van der Waals surface area contributed by atoms with Crippen LogP contribution in [0.15, 0.2) is 12.4 Å². The minimum absolute atomic E-state index is 0.134. The number of likely N-dealkylation sites (N-methyl/N-ethyl adjacent to an activating group) is 1. The number of hydrogen-bond acceptors (Lipinski definition) is 5. The normalized spacial score (nSPS) is 23.7. The number of anilines is 1. The van der Waals surface area contributed by atoms with E-state index in [4.69, 9.17) is 5.73 Å². The van der Waals surface area contributed by atoms with Gasteiger partial charge in [0.2, 0.25) is 0 Å². The van der Waals surface area contributed by atoms with Crippen LogP contribution in [0.4, 0.5) is 5.82 Å². The van der Waals surface area contributed by atoms with Crippen LogP contribution in [-0.2, 0) is 0 Å². The van der Waals surface area contributed by atoms with Crippen LogP contribution in [-0.4, -0.2) is 45.1 Å². The maximum Gasteiger partial charge on any atom is 0.274 e. The third-order valence-electron chi connectivity index (χ3n) is 3.40. The Kier molecular flexibility index (Phi) is 3.76. The SMILES string of the molecule is CN(C(=O)c1cnc(N)cn1)C1CCCCC1O. The van der Waals surface area contributed by atoms with Crippen molar-refractivity contribution in [2.45, 2.75) is 37.8 Å². The highest BCUT2D eigenvalue weighted by Gasteiger charge is 2.30. The van der Waals surface area contributed by atoms with E-state index in [9.17, 15) is 9.90 Å². The van der Waals surface area contributed by atoms with Crippen LogP contribution in [0.1, 0.15) is 36.2 Å². The molecule has 0 spiro atoms. The van der Waals surface area contributed by atoms with Crippen LogP contribution in [0.2, 0.25) is 0 Å². The molecular weight excluding hydrogens is 232 g/mol. The molecule has 1 aliphatic carbocycles. The number of rotatable bonds is 2. The van der Waals surface area contributed by atoms with Gasteiger partial charge in [0.25, 0.3) is 5.91 Å². The Hall–Kier alpha value is -1.69. The minimum atomic E-state index is -0.450. The van der Waals surface area contributed by atoms with E-state index >= 15 is 0 Å². The highest BCUT2D eigenvalue weighted by Crippen LogP contribution is 2.23. The number of aliphatic hydroxyl groups is 1. The number of nitrogens with two attached hydrogens (primary N) is 1. The molecule has 0 bridgehead atoms. The predicted octanol–water partition coefficient (Wildman–Crippen LogP) is 0.434. The minimum Gasteiger partial charge on any atom is -0.391 e. The fourth-order valence-corrected chi connectivity index (χ4v) is 2.32. The van der Waals surface area contributed by atoms with Gasteiger partial charge in [-0.3, -0.25) is 4.79 Å². The lowest BCUT2D eigenvalue weighted by molar-refractivity contribution is 0.0264. The molecule has 1 heterocycles. The molecule has 2 atom stereocenters. The summed E-state index contributed by atoms with van der Waals surface area (Å²) in [6.07, 6.45) is 5.90. The van der Waals surface area contributed by atoms with Crippen molar-refractivity contribution < 1.29 is 9.90 Å². The largest absolute Gasteiger partial charge is 0.391 e. The quantitative estimate of drug-likeness (QED) is 0.794. The smallest absolute Gasteiger partial charge is 0.274 e. The molecule has 1 aromatic rings. The monoisotopic (exact) mass is 250 g/mol. The molecule has 1 aromatic heterocycles. The van der Waals surface area contributed by atoms with E-state index in [2.05, 4.69) is 9.97 Å². The second kappa shape index (κ2) is 5.30. The van der Waals surface area contributed by atoms with E-state index in [-0.39, 0.29) is 23.5 Å². The third kappa shape index (κ3) is 2.59. The number of nitrogens with zero attached hydrogens (tertiary/aromatic N) is 3. The zero-order valence-corrected chi connectivity index (χ0v) is 10.4. The van der Waals surface area contributed by atoms with Crippen molar-refractivity contribution in [3.8, 4) is 0 Å². The Bertz CT molecular complexity index is 421. The lowest BCUT2D eigenvalue weighted by Crippen LogP contribution is -2.46. The summed E-state index contributed by atoms with van der Waals surface area (Å²) in [4.78, 5) is 21.5. The summed E-state index contributed by atoms with van der Waals surface area (Å²) < 4.78 is 0. The van der Waals surface area contributed by atoms with Crippen molar-refractivity contribution in [3.63, 3.8) is 0 Å². The average molecular weight is 250 g/mol. The van der Waals surface area contributed by atoms with Gasteiger partial charge in [-0.05, 0) is 12.8 Å². The molecule has 1 amide bonds. The molecule has 1 fully saturated rings. The van der Waals surface area contributed by atoms with Crippen LogP contribution >= 0.6 is 0 Å². The van der Waals surface area contributed by atoms with Crippen molar-refractivity contribution in [2.75, 3.05) is 12.8 Å². The van der Waals surface area contributed by atoms with Crippen LogP contribution in [0.25, 0.3) is 0 Å². The molecular formula is C12H18N4O2. The molecule has 3 N–H and O–H groups in total. The summed E-state index contributed by atoms with van der Waals surface area (Å²) in [5, 5.41) is 9.93. The first kappa shape index (κ1) is 12.8. The summed E-state index contributed by atoms with van der Waals surface area (Å²) in [5.41, 5.74) is 5.68. The van der Waals surface area contributed by atoms with Crippen LogP contribution < -0.4 is 5.73 Å². The summed E-state index contributed by atoms with van der Waals surface area (Å²) in [6.45, 7) is 0. The van der Waals surface area contributed by atoms with Crippen molar-refractivity contribution in [1.82, 2.24) is 14.9 Å². The molecule has 18 heavy (non-hydrogen) atoms. The molecule has 0 radical (unpaired) electrons. The van der Waals surface area contributed by atoms with E-state index in [1.807, 2.05) is 0 Å². The van der Waals surface area contributed by atoms with Gasteiger partial charge in [0.15, 0.2) is 0 Å². The maximum absolute atomic E-state index is 12.2. The lowest BCUT2D eigenvalue weighted by Gasteiger charge is -2.34. The Morgan fingerprint density at radius 1 is 1.39 bits per heavy atom. The van der Waals surface area contributed by atoms with E-state index < -0.39 is 6.10 Å². The number of carbonyl (C=O) groups is 1. The van der Waals surface area contributed by atoms with E-state index in [0.717, 1.165) is 25.7 Å². The zero-order valence-electron chi connectivity index (χ0n) is 10.4. The summed E-state index contributed by atoms with van der Waals surface area (Å²) in [7, 11) is 1.69. The second-order valence-corrected chi connectivity index (χ2v) is 4.66. The van der Waals surface area contributed by atoms with Crippen molar-refractivity contribution in [3.05, 3.63) is 18.1 Å². The standard InChI is InChI=1S/C12H18N4O2/c1-16(9-4-2-3-5-10(9)17)12(18)8-6-15-11(13)7-14-8/h6-7,9-10,17H,2-5H2,1H3,(H2,13,15). The number of amides is 1. The summed E-state index contributed by atoms with van der Waals surface area (Å²) in [5.74, 6) is 0.0559. The van der Waals surface area contributed by atoms with E-state index in [0.29, 0.717) is 0 Å². The third-order valence-corrected chi connectivity index (χ3v) is 3.40. The van der Waals surface area contributed by atoms with E-state index in [1.165, 1.54) is 12.4 Å². The first-order valence-corrected chi connectivity index (χ1v) is 6.12. The predicted molar refractivity (Wildman–Crippen MR) is 66.8 cm³/mol. The molecule has 98 valence electrons. The number of hydrogen-bond donors (Lipinski definition) is 2. The number of aromatic nitrogens is 2. The van der Waals surface area contributed by atoms with Crippen molar-refractivity contribution in [1.29, 1.82) is 0 Å². The first-order chi connectivity index (χ1) is 8.59. The zero-order chi connectivity index (χ0) is 13.1. The number of nitrogen functional groups attached to an aromatic ring is 1. The van der Waals surface area contributed by atoms with Gasteiger partial charge in [0.05, 0.1) is 24.5 Å². The Balaban J connectivity index is 2.10. The molecule has 1 saturated carbocycles. The topological polar surface area (TPSA) is 92.3 Å². The molecule has 6 heteroatoms. The van der Waals surface area contributed by atoms with Gasteiger partial charge in [-0.25, -0.2) is 9.97 Å². The second-order valence-electron chi connectivity index (χ2n) is 4.66. The molecule has 0 saturated heterocycles.